The molecule has 508 valence electrons. The van der Waals surface area contributed by atoms with Crippen LogP contribution < -0.4 is 9.47 Å². The van der Waals surface area contributed by atoms with Gasteiger partial charge in [-0.2, -0.15) is 36.5 Å². The number of alkyl halides is 6. The monoisotopic (exact) mass is 1370 g/mol. The number of fused-ring (bicyclic) bond motifs is 2. The van der Waals surface area contributed by atoms with Crippen LogP contribution in [-0.4, -0.2) is 88.0 Å². The second-order valence-electron chi connectivity index (χ2n) is 22.6. The third-order valence-corrected chi connectivity index (χ3v) is 16.1. The van der Waals surface area contributed by atoms with Crippen LogP contribution in [0.3, 0.4) is 0 Å². The summed E-state index contributed by atoms with van der Waals surface area (Å²) in [5.74, 6) is -6.68. The van der Waals surface area contributed by atoms with Crippen molar-refractivity contribution in [3.63, 3.8) is 0 Å². The molecule has 0 saturated carbocycles. The molecule has 29 heteroatoms. The molecular formula is C70H52F12N10O7. The second kappa shape index (κ2) is 27.7. The summed E-state index contributed by atoms with van der Waals surface area (Å²) < 4.78 is 207. The van der Waals surface area contributed by atoms with Crippen molar-refractivity contribution in [3.8, 4) is 56.8 Å². The fourth-order valence-electron chi connectivity index (χ4n) is 11.1. The van der Waals surface area contributed by atoms with Crippen LogP contribution in [0.15, 0.2) is 146 Å². The maximum absolute atomic E-state index is 16.1. The van der Waals surface area contributed by atoms with Gasteiger partial charge in [-0.3, -0.25) is 9.36 Å². The number of nitrogens with zero attached hydrogens (tertiary/aromatic N) is 10. The highest BCUT2D eigenvalue weighted by Gasteiger charge is 2.36. The normalized spacial score (nSPS) is 11.9. The first-order chi connectivity index (χ1) is 47.3. The van der Waals surface area contributed by atoms with E-state index in [2.05, 4.69) is 30.1 Å². The summed E-state index contributed by atoms with van der Waals surface area (Å²) >= 11 is 0. The molecule has 0 saturated heterocycles. The number of hydrogen-bond acceptors (Lipinski definition) is 13. The van der Waals surface area contributed by atoms with Gasteiger partial charge in [-0.1, -0.05) is 36.4 Å². The number of carbonyl (C=O) groups excluding carboxylic acids is 2. The number of halogens is 12. The zero-order valence-corrected chi connectivity index (χ0v) is 52.4. The Morgan fingerprint density at radius 1 is 0.444 bits per heavy atom. The van der Waals surface area contributed by atoms with E-state index in [0.29, 0.717) is 22.1 Å². The average Bonchev–Trinajstić information content (AvgIpc) is 1.70. The van der Waals surface area contributed by atoms with Crippen molar-refractivity contribution in [2.75, 3.05) is 27.4 Å². The zero-order chi connectivity index (χ0) is 70.2. The van der Waals surface area contributed by atoms with Crippen molar-refractivity contribution < 1.29 is 86.0 Å². The van der Waals surface area contributed by atoms with Gasteiger partial charge in [0.15, 0.2) is 11.4 Å². The number of rotatable bonds is 22. The van der Waals surface area contributed by atoms with E-state index in [-0.39, 0.29) is 154 Å². The lowest BCUT2D eigenvalue weighted by atomic mass is 10.0. The molecule has 0 aliphatic carbocycles. The third-order valence-electron chi connectivity index (χ3n) is 16.1. The summed E-state index contributed by atoms with van der Waals surface area (Å²) in [6.45, 7) is -0.219. The van der Waals surface area contributed by atoms with E-state index >= 15 is 26.3 Å². The number of imidazole rings is 2. The van der Waals surface area contributed by atoms with Crippen LogP contribution in [-0.2, 0) is 79.8 Å². The van der Waals surface area contributed by atoms with Crippen molar-refractivity contribution >= 4 is 34.0 Å². The Morgan fingerprint density at radius 3 is 1.22 bits per heavy atom. The maximum Gasteiger partial charge on any atom is 0.435 e. The topological polar surface area (TPSA) is 177 Å². The van der Waals surface area contributed by atoms with Gasteiger partial charge in [-0.25, -0.2) is 55.9 Å². The first kappa shape index (κ1) is 67.8. The molecule has 0 aliphatic rings. The molecule has 17 nitrogen and oxygen atoms in total. The van der Waals surface area contributed by atoms with Crippen LogP contribution in [0.4, 0.5) is 52.7 Å². The minimum Gasteiger partial charge on any atom is -0.473 e. The van der Waals surface area contributed by atoms with Gasteiger partial charge in [-0.15, -0.1) is 0 Å². The molecule has 12 aromatic rings. The molecule has 12 rings (SSSR count). The average molecular weight is 1370 g/mol. The molecule has 0 radical (unpaired) electrons. The summed E-state index contributed by atoms with van der Waals surface area (Å²) in [5, 5.41) is 6.93. The first-order valence-corrected chi connectivity index (χ1v) is 30.0. The van der Waals surface area contributed by atoms with Crippen LogP contribution in [0.2, 0.25) is 0 Å². The Bertz CT molecular complexity index is 4790. The molecular weight excluding hydrogens is 1320 g/mol. The van der Waals surface area contributed by atoms with Crippen molar-refractivity contribution in [2.45, 2.75) is 51.5 Å². The lowest BCUT2D eigenvalue weighted by Crippen LogP contribution is -2.14. The standard InChI is InChI=1S/C70H52F12N10O7/c1-89-57(33-61(87-89)69(77,78)79)37-11-13-41(47(71)23-37)35-97-65-9-5-7-53(85-65)45-31-49(73)43(25-51(45)75)29-63-83-55-17-15-39(27-59(55)91(63)19-21-95-3)67(93)99-68(94)40-16-18-56-60(28-40)92(20-22-96-4)64(84-56)30-44-26-52(76)46(32-50(44)74)54-8-6-10-66(86-54)98-36-42-14-12-38(24-48(42)72)58-34-62(70(80,81)82)88-90(58)2/h5-18,23-28,31-34H,19-22,29-30,35-36H2,1-4H3. The zero-order valence-electron chi connectivity index (χ0n) is 52.4. The Balaban J connectivity index is 0.707. The molecule has 0 atom stereocenters. The van der Waals surface area contributed by atoms with E-state index in [4.69, 9.17) is 23.7 Å². The third kappa shape index (κ3) is 14.6. The molecule has 0 bridgehead atoms. The fraction of sp³-hybridized carbons (Fsp3) is 0.200. The highest BCUT2D eigenvalue weighted by atomic mass is 19.4. The Labute approximate surface area is 553 Å². The number of esters is 2. The van der Waals surface area contributed by atoms with Gasteiger partial charge in [0.05, 0.1) is 69.2 Å². The fourth-order valence-corrected chi connectivity index (χ4v) is 11.1. The van der Waals surface area contributed by atoms with Gasteiger partial charge in [0.2, 0.25) is 11.8 Å². The van der Waals surface area contributed by atoms with E-state index in [9.17, 15) is 35.9 Å². The van der Waals surface area contributed by atoms with Crippen molar-refractivity contribution in [2.24, 2.45) is 14.1 Å². The minimum absolute atomic E-state index is 0.0249. The summed E-state index contributed by atoms with van der Waals surface area (Å²) in [6, 6.07) is 30.2. The highest BCUT2D eigenvalue weighted by molar-refractivity contribution is 6.05. The SMILES string of the molecule is COCCn1c(Cc2cc(F)c(-c3cccc(OCc4ccc(-c5cc(C(F)(F)F)nn5C)cc4F)n3)cc2F)nc2ccc(C(=O)OC(=O)c3ccc4nc(Cc5cc(F)c(-c6cccc(OCc7ccc(-c8cc(C(F)(F)F)nn8C)cc7F)n6)cc5F)n(CCOC)c4c3)cc21. The number of benzene rings is 6. The van der Waals surface area contributed by atoms with E-state index in [1.165, 1.54) is 125 Å². The molecule has 6 aromatic carbocycles. The van der Waals surface area contributed by atoms with Crippen LogP contribution in [0, 0.1) is 34.9 Å². The smallest absolute Gasteiger partial charge is 0.435 e. The number of aryl methyl sites for hydroxylation is 2. The molecule has 6 heterocycles. The lowest BCUT2D eigenvalue weighted by Gasteiger charge is -2.12. The Morgan fingerprint density at radius 2 is 0.848 bits per heavy atom. The highest BCUT2D eigenvalue weighted by Crippen LogP contribution is 2.36. The number of hydrogen-bond donors (Lipinski definition) is 0. The molecule has 0 aliphatic heterocycles. The van der Waals surface area contributed by atoms with E-state index < -0.39 is 70.6 Å². The molecule has 6 aromatic heterocycles. The van der Waals surface area contributed by atoms with Gasteiger partial charge in [0.25, 0.3) is 0 Å². The second-order valence-corrected chi connectivity index (χ2v) is 22.6. The Kier molecular flexibility index (Phi) is 19.0. The number of aromatic nitrogens is 10. The number of pyridine rings is 2. The van der Waals surface area contributed by atoms with Crippen molar-refractivity contribution in [1.29, 1.82) is 0 Å². The molecule has 0 N–H and O–H groups in total. The Hall–Kier alpha value is -11.2. The lowest BCUT2D eigenvalue weighted by molar-refractivity contribution is -0.142. The summed E-state index contributed by atoms with van der Waals surface area (Å²) in [6.07, 6.45) is -9.89. The van der Waals surface area contributed by atoms with E-state index in [1.807, 2.05) is 0 Å². The molecule has 0 unspecified atom stereocenters. The molecule has 0 amide bonds. The maximum atomic E-state index is 16.1. The summed E-state index contributed by atoms with van der Waals surface area (Å²) in [4.78, 5) is 45.5. The molecule has 99 heavy (non-hydrogen) atoms. The van der Waals surface area contributed by atoms with Crippen molar-refractivity contribution in [1.82, 2.24) is 48.6 Å². The van der Waals surface area contributed by atoms with Crippen LogP contribution in [0.1, 0.15) is 66.0 Å². The van der Waals surface area contributed by atoms with Crippen LogP contribution in [0.25, 0.3) is 67.1 Å². The van der Waals surface area contributed by atoms with Gasteiger partial charge >= 0.3 is 24.3 Å². The van der Waals surface area contributed by atoms with Crippen LogP contribution in [0.5, 0.6) is 11.8 Å². The van der Waals surface area contributed by atoms with Gasteiger partial charge < -0.3 is 32.8 Å². The molecule has 0 fully saturated rings. The van der Waals surface area contributed by atoms with Gasteiger partial charge in [0, 0.05) is 99.8 Å². The van der Waals surface area contributed by atoms with Gasteiger partial charge in [0.1, 0.15) is 59.8 Å². The van der Waals surface area contributed by atoms with E-state index in [0.717, 1.165) is 57.9 Å². The van der Waals surface area contributed by atoms with Gasteiger partial charge in [-0.05, 0) is 108 Å². The molecule has 0 spiro atoms. The van der Waals surface area contributed by atoms with E-state index in [1.54, 1.807) is 9.13 Å². The summed E-state index contributed by atoms with van der Waals surface area (Å²) in [5.41, 5.74) is -1.31. The number of ether oxygens (including phenoxy) is 5. The summed E-state index contributed by atoms with van der Waals surface area (Å²) in [7, 11) is 5.50. The number of methoxy groups -OCH3 is 2. The first-order valence-electron chi connectivity index (χ1n) is 30.0. The predicted octanol–water partition coefficient (Wildman–Crippen LogP) is 14.8. The van der Waals surface area contributed by atoms with Crippen molar-refractivity contribution in [3.05, 3.63) is 237 Å². The minimum atomic E-state index is -4.70. The van der Waals surface area contributed by atoms with Crippen LogP contribution >= 0.6 is 0 Å². The largest absolute Gasteiger partial charge is 0.473 e. The quantitative estimate of drug-likeness (QED) is 0.0356. The number of carbonyl (C=O) groups is 2. The predicted molar refractivity (Wildman–Crippen MR) is 334 cm³/mol.